The van der Waals surface area contributed by atoms with Crippen molar-refractivity contribution in [1.29, 1.82) is 0 Å². The van der Waals surface area contributed by atoms with Crippen LogP contribution < -0.4 is 14.8 Å². The first kappa shape index (κ1) is 21.3. The highest BCUT2D eigenvalue weighted by molar-refractivity contribution is 6.35. The molecule has 1 N–H and O–H groups in total. The van der Waals surface area contributed by atoms with Gasteiger partial charge in [-0.05, 0) is 49.2 Å². The summed E-state index contributed by atoms with van der Waals surface area (Å²) in [5.74, 6) is 0.712. The number of halogens is 2. The third-order valence-corrected chi connectivity index (χ3v) is 5.35. The minimum atomic E-state index is -0.179. The molecule has 29 heavy (non-hydrogen) atoms. The van der Waals surface area contributed by atoms with E-state index in [1.165, 1.54) is 7.11 Å². The Kier molecular flexibility index (Phi) is 6.87. The highest BCUT2D eigenvalue weighted by Crippen LogP contribution is 2.29. The van der Waals surface area contributed by atoms with Gasteiger partial charge in [0.15, 0.2) is 11.5 Å². The number of ether oxygens (including phenoxy) is 2. The second-order valence-corrected chi connectivity index (χ2v) is 7.66. The van der Waals surface area contributed by atoms with E-state index < -0.39 is 0 Å². The quantitative estimate of drug-likeness (QED) is 0.748. The van der Waals surface area contributed by atoms with Crippen LogP contribution in [0.15, 0.2) is 36.4 Å². The van der Waals surface area contributed by atoms with Crippen molar-refractivity contribution >= 4 is 40.7 Å². The first-order valence-corrected chi connectivity index (χ1v) is 9.95. The van der Waals surface area contributed by atoms with Crippen molar-refractivity contribution in [3.8, 4) is 11.5 Å². The number of carbonyl (C=O) groups excluding carboxylic acids is 2. The highest BCUT2D eigenvalue weighted by Gasteiger charge is 2.28. The number of hydrogen-bond acceptors (Lipinski definition) is 4. The Morgan fingerprint density at radius 1 is 0.966 bits per heavy atom. The van der Waals surface area contributed by atoms with Gasteiger partial charge in [0.25, 0.3) is 5.91 Å². The summed E-state index contributed by atoms with van der Waals surface area (Å²) < 4.78 is 10.5. The maximum Gasteiger partial charge on any atom is 0.253 e. The molecule has 2 amide bonds. The molecule has 1 heterocycles. The molecule has 2 aromatic carbocycles. The van der Waals surface area contributed by atoms with Crippen LogP contribution in [0.2, 0.25) is 10.0 Å². The Bertz CT molecular complexity index is 891. The number of anilines is 1. The van der Waals surface area contributed by atoms with Crippen LogP contribution in [0, 0.1) is 5.92 Å². The van der Waals surface area contributed by atoms with E-state index in [9.17, 15) is 9.59 Å². The fourth-order valence-corrected chi connectivity index (χ4v) is 3.89. The van der Waals surface area contributed by atoms with Gasteiger partial charge in [0, 0.05) is 40.3 Å². The zero-order valence-corrected chi connectivity index (χ0v) is 17.7. The maximum atomic E-state index is 12.8. The zero-order chi connectivity index (χ0) is 21.0. The van der Waals surface area contributed by atoms with Gasteiger partial charge in [0.2, 0.25) is 5.91 Å². The Morgan fingerprint density at radius 2 is 1.59 bits per heavy atom. The number of piperidine rings is 1. The van der Waals surface area contributed by atoms with E-state index in [1.54, 1.807) is 48.4 Å². The lowest BCUT2D eigenvalue weighted by Gasteiger charge is -2.31. The summed E-state index contributed by atoms with van der Waals surface area (Å²) in [5.41, 5.74) is 1.09. The molecule has 1 fully saturated rings. The van der Waals surface area contributed by atoms with Gasteiger partial charge < -0.3 is 19.7 Å². The molecule has 2 aromatic rings. The summed E-state index contributed by atoms with van der Waals surface area (Å²) in [6, 6.07) is 10.0. The Balaban J connectivity index is 1.59. The molecule has 0 spiro atoms. The lowest BCUT2D eigenvalue weighted by molar-refractivity contribution is -0.121. The largest absolute Gasteiger partial charge is 0.493 e. The minimum Gasteiger partial charge on any atom is -0.493 e. The van der Waals surface area contributed by atoms with Gasteiger partial charge in [0.05, 0.1) is 14.2 Å². The van der Waals surface area contributed by atoms with Gasteiger partial charge >= 0.3 is 0 Å². The Morgan fingerprint density at radius 3 is 2.17 bits per heavy atom. The SMILES string of the molecule is COc1ccc(C(=O)N2CCC(C(=O)Nc3cc(Cl)cc(Cl)c3)CC2)cc1OC. The molecule has 6 nitrogen and oxygen atoms in total. The van der Waals surface area contributed by atoms with Crippen LogP contribution >= 0.6 is 23.2 Å². The molecular formula is C21H22Cl2N2O4. The van der Waals surface area contributed by atoms with Gasteiger partial charge in [0.1, 0.15) is 0 Å². The number of hydrogen-bond donors (Lipinski definition) is 1. The number of benzene rings is 2. The molecule has 0 saturated carbocycles. The first-order valence-electron chi connectivity index (χ1n) is 9.19. The predicted octanol–water partition coefficient (Wildman–Crippen LogP) is 4.50. The minimum absolute atomic E-state index is 0.0913. The Hall–Kier alpha value is -2.44. The van der Waals surface area contributed by atoms with Gasteiger partial charge in [-0.3, -0.25) is 9.59 Å². The van der Waals surface area contributed by atoms with Crippen LogP contribution in [0.5, 0.6) is 11.5 Å². The van der Waals surface area contributed by atoms with Crippen LogP contribution in [0.25, 0.3) is 0 Å². The molecule has 1 aliphatic heterocycles. The van der Waals surface area contributed by atoms with Crippen LogP contribution in [0.4, 0.5) is 5.69 Å². The number of nitrogens with zero attached hydrogens (tertiary/aromatic N) is 1. The first-order chi connectivity index (χ1) is 13.9. The third kappa shape index (κ3) is 5.14. The topological polar surface area (TPSA) is 67.9 Å². The van der Waals surface area contributed by atoms with E-state index in [-0.39, 0.29) is 17.7 Å². The normalized spacial score (nSPS) is 14.4. The van der Waals surface area contributed by atoms with Gasteiger partial charge in [-0.15, -0.1) is 0 Å². The summed E-state index contributed by atoms with van der Waals surface area (Å²) in [7, 11) is 3.08. The molecule has 0 aromatic heterocycles. The molecule has 1 aliphatic rings. The van der Waals surface area contributed by atoms with Crippen LogP contribution in [-0.4, -0.2) is 44.0 Å². The molecule has 0 bridgehead atoms. The fraction of sp³-hybridized carbons (Fsp3) is 0.333. The molecular weight excluding hydrogens is 415 g/mol. The number of nitrogens with one attached hydrogen (secondary N) is 1. The van der Waals surface area contributed by atoms with Crippen molar-refractivity contribution in [3.63, 3.8) is 0 Å². The van der Waals surface area contributed by atoms with E-state index in [1.807, 2.05) is 0 Å². The molecule has 0 unspecified atom stereocenters. The molecule has 0 radical (unpaired) electrons. The van der Waals surface area contributed by atoms with Gasteiger partial charge in [-0.2, -0.15) is 0 Å². The molecule has 1 saturated heterocycles. The summed E-state index contributed by atoms with van der Waals surface area (Å²) >= 11 is 12.0. The molecule has 0 atom stereocenters. The fourth-order valence-electron chi connectivity index (χ4n) is 3.37. The third-order valence-electron chi connectivity index (χ3n) is 4.91. The number of carbonyl (C=O) groups is 2. The second-order valence-electron chi connectivity index (χ2n) is 6.78. The molecule has 8 heteroatoms. The lowest BCUT2D eigenvalue weighted by Crippen LogP contribution is -2.41. The smallest absolute Gasteiger partial charge is 0.253 e. The second kappa shape index (κ2) is 9.37. The van der Waals surface area contributed by atoms with Gasteiger partial charge in [-0.1, -0.05) is 23.2 Å². The summed E-state index contributed by atoms with van der Waals surface area (Å²) in [6.07, 6.45) is 1.17. The van der Waals surface area contributed by atoms with Crippen LogP contribution in [-0.2, 0) is 4.79 Å². The van der Waals surface area contributed by atoms with Crippen molar-refractivity contribution in [2.75, 3.05) is 32.6 Å². The summed E-state index contributed by atoms with van der Waals surface area (Å²) in [6.45, 7) is 1.00. The van der Waals surface area contributed by atoms with Crippen molar-refractivity contribution in [2.45, 2.75) is 12.8 Å². The van der Waals surface area contributed by atoms with E-state index in [4.69, 9.17) is 32.7 Å². The summed E-state index contributed by atoms with van der Waals surface area (Å²) in [5, 5.41) is 3.78. The lowest BCUT2D eigenvalue weighted by atomic mass is 9.95. The zero-order valence-electron chi connectivity index (χ0n) is 16.2. The number of amides is 2. The monoisotopic (exact) mass is 436 g/mol. The maximum absolute atomic E-state index is 12.8. The molecule has 0 aliphatic carbocycles. The Labute approximate surface area is 179 Å². The standard InChI is InChI=1S/C21H22Cl2N2O4/c1-28-18-4-3-14(9-19(18)29-2)21(27)25-7-5-13(6-8-25)20(26)24-17-11-15(22)10-16(23)12-17/h3-4,9-13H,5-8H2,1-2H3,(H,24,26). The average molecular weight is 437 g/mol. The average Bonchev–Trinajstić information content (AvgIpc) is 2.72. The summed E-state index contributed by atoms with van der Waals surface area (Å²) in [4.78, 5) is 27.1. The van der Waals surface area contributed by atoms with Crippen LogP contribution in [0.3, 0.4) is 0 Å². The molecule has 3 rings (SSSR count). The predicted molar refractivity (Wildman–Crippen MR) is 113 cm³/mol. The van der Waals surface area contributed by atoms with Crippen molar-refractivity contribution in [2.24, 2.45) is 5.92 Å². The number of methoxy groups -OCH3 is 2. The van der Waals surface area contributed by atoms with Gasteiger partial charge in [-0.25, -0.2) is 0 Å². The van der Waals surface area contributed by atoms with E-state index in [0.29, 0.717) is 58.7 Å². The number of rotatable bonds is 5. The van der Waals surface area contributed by atoms with Crippen LogP contribution in [0.1, 0.15) is 23.2 Å². The highest BCUT2D eigenvalue weighted by atomic mass is 35.5. The van der Waals surface area contributed by atoms with E-state index in [2.05, 4.69) is 5.32 Å². The van der Waals surface area contributed by atoms with E-state index >= 15 is 0 Å². The van der Waals surface area contributed by atoms with Crippen molar-refractivity contribution in [3.05, 3.63) is 52.0 Å². The van der Waals surface area contributed by atoms with Crippen molar-refractivity contribution in [1.82, 2.24) is 4.90 Å². The molecule has 154 valence electrons. The van der Waals surface area contributed by atoms with E-state index in [0.717, 1.165) is 0 Å². The number of likely N-dealkylation sites (tertiary alicyclic amines) is 1. The van der Waals surface area contributed by atoms with Crippen molar-refractivity contribution < 1.29 is 19.1 Å².